The van der Waals surface area contributed by atoms with Crippen LogP contribution in [0.15, 0.2) is 53.4 Å². The summed E-state index contributed by atoms with van der Waals surface area (Å²) in [5, 5.41) is 0. The average molecular weight is 304 g/mol. The van der Waals surface area contributed by atoms with Crippen molar-refractivity contribution in [1.82, 2.24) is 0 Å². The Morgan fingerprint density at radius 2 is 1.19 bits per heavy atom. The van der Waals surface area contributed by atoms with E-state index in [0.29, 0.717) is 11.1 Å². The number of ketones is 2. The third-order valence-electron chi connectivity index (χ3n) is 2.97. The normalized spacial score (nSPS) is 11.1. The van der Waals surface area contributed by atoms with Gasteiger partial charge in [0.1, 0.15) is 0 Å². The predicted molar refractivity (Wildman–Crippen MR) is 76.1 cm³/mol. The summed E-state index contributed by atoms with van der Waals surface area (Å²) in [5.74, 6) is -0.390. The summed E-state index contributed by atoms with van der Waals surface area (Å²) in [7, 11) is -4.27. The van der Waals surface area contributed by atoms with Crippen molar-refractivity contribution in [2.75, 3.05) is 0 Å². The topological polar surface area (TPSA) is 88.5 Å². The summed E-state index contributed by atoms with van der Waals surface area (Å²) in [6.07, 6.45) is 0. The average Bonchev–Trinajstić information content (AvgIpc) is 2.46. The minimum Gasteiger partial charge on any atom is -0.295 e. The lowest BCUT2D eigenvalue weighted by Gasteiger charge is -2.03. The lowest BCUT2D eigenvalue weighted by atomic mass is 10.0. The van der Waals surface area contributed by atoms with Gasteiger partial charge in [0, 0.05) is 16.7 Å². The molecule has 0 spiro atoms. The zero-order valence-electron chi connectivity index (χ0n) is 11.1. The van der Waals surface area contributed by atoms with Crippen LogP contribution in [0.5, 0.6) is 0 Å². The number of hydrogen-bond acceptors (Lipinski definition) is 4. The molecule has 0 saturated carbocycles. The van der Waals surface area contributed by atoms with Crippen LogP contribution in [0.3, 0.4) is 0 Å². The van der Waals surface area contributed by atoms with Gasteiger partial charge in [0.2, 0.25) is 0 Å². The molecule has 108 valence electrons. The first kappa shape index (κ1) is 15.1. The van der Waals surface area contributed by atoms with Crippen molar-refractivity contribution in [3.8, 4) is 0 Å². The SMILES string of the molecule is CC(=O)c1ccc(C(=O)c2ccc(S(=O)(=O)O)cc2)cc1. The van der Waals surface area contributed by atoms with Gasteiger partial charge in [0.15, 0.2) is 11.6 Å². The van der Waals surface area contributed by atoms with Crippen LogP contribution in [-0.2, 0) is 10.1 Å². The Kier molecular flexibility index (Phi) is 4.02. The number of Topliss-reactive ketones (excluding diaryl/α,β-unsaturated/α-hetero) is 1. The second kappa shape index (κ2) is 5.59. The van der Waals surface area contributed by atoms with E-state index in [1.807, 2.05) is 0 Å². The van der Waals surface area contributed by atoms with E-state index < -0.39 is 10.1 Å². The van der Waals surface area contributed by atoms with Gasteiger partial charge >= 0.3 is 0 Å². The first-order valence-corrected chi connectivity index (χ1v) is 7.46. The Labute approximate surface area is 122 Å². The van der Waals surface area contributed by atoms with Gasteiger partial charge in [-0.15, -0.1) is 0 Å². The smallest absolute Gasteiger partial charge is 0.294 e. The fourth-order valence-corrected chi connectivity index (χ4v) is 2.28. The molecule has 2 rings (SSSR count). The minimum atomic E-state index is -4.27. The number of hydrogen-bond donors (Lipinski definition) is 1. The number of benzene rings is 2. The molecule has 21 heavy (non-hydrogen) atoms. The van der Waals surface area contributed by atoms with Crippen LogP contribution in [-0.4, -0.2) is 24.5 Å². The Morgan fingerprint density at radius 1 is 0.810 bits per heavy atom. The van der Waals surface area contributed by atoms with Gasteiger partial charge in [0.25, 0.3) is 10.1 Å². The molecule has 2 aromatic carbocycles. The highest BCUT2D eigenvalue weighted by atomic mass is 32.2. The molecule has 0 aliphatic carbocycles. The molecule has 2 aromatic rings. The summed E-state index contributed by atoms with van der Waals surface area (Å²) >= 11 is 0. The van der Waals surface area contributed by atoms with E-state index in [9.17, 15) is 18.0 Å². The molecule has 0 radical (unpaired) electrons. The fourth-order valence-electron chi connectivity index (χ4n) is 1.80. The van der Waals surface area contributed by atoms with Gasteiger partial charge in [-0.05, 0) is 31.2 Å². The summed E-state index contributed by atoms with van der Waals surface area (Å²) < 4.78 is 30.7. The zero-order valence-corrected chi connectivity index (χ0v) is 11.9. The van der Waals surface area contributed by atoms with Gasteiger partial charge in [-0.3, -0.25) is 14.1 Å². The highest BCUT2D eigenvalue weighted by molar-refractivity contribution is 7.85. The van der Waals surface area contributed by atoms with Crippen LogP contribution < -0.4 is 0 Å². The van der Waals surface area contributed by atoms with E-state index in [4.69, 9.17) is 4.55 Å². The van der Waals surface area contributed by atoms with Crippen molar-refractivity contribution in [3.05, 3.63) is 65.2 Å². The molecule has 6 heteroatoms. The standard InChI is InChI=1S/C15H12O5S/c1-10(16)11-2-4-12(5-3-11)15(17)13-6-8-14(9-7-13)21(18,19)20/h2-9H,1H3,(H,18,19,20). The van der Waals surface area contributed by atoms with Gasteiger partial charge < -0.3 is 0 Å². The van der Waals surface area contributed by atoms with Crippen LogP contribution >= 0.6 is 0 Å². The summed E-state index contributed by atoms with van der Waals surface area (Å²) in [6.45, 7) is 1.44. The predicted octanol–water partition coefficient (Wildman–Crippen LogP) is 2.37. The molecular weight excluding hydrogens is 292 g/mol. The molecule has 0 amide bonds. The molecule has 0 fully saturated rings. The Bertz CT molecular complexity index is 787. The van der Waals surface area contributed by atoms with Crippen molar-refractivity contribution in [3.63, 3.8) is 0 Å². The maximum absolute atomic E-state index is 12.2. The van der Waals surface area contributed by atoms with E-state index in [1.165, 1.54) is 31.2 Å². The number of rotatable bonds is 4. The molecular formula is C15H12O5S. The molecule has 0 atom stereocenters. The van der Waals surface area contributed by atoms with Gasteiger partial charge in [-0.1, -0.05) is 24.3 Å². The third kappa shape index (κ3) is 3.42. The van der Waals surface area contributed by atoms with Crippen LogP contribution in [0.2, 0.25) is 0 Å². The monoisotopic (exact) mass is 304 g/mol. The van der Waals surface area contributed by atoms with Crippen molar-refractivity contribution in [1.29, 1.82) is 0 Å². The molecule has 0 heterocycles. The highest BCUT2D eigenvalue weighted by Gasteiger charge is 2.13. The van der Waals surface area contributed by atoms with Crippen LogP contribution in [0.25, 0.3) is 0 Å². The van der Waals surface area contributed by atoms with Crippen LogP contribution in [0.4, 0.5) is 0 Å². The first-order chi connectivity index (χ1) is 9.79. The van der Waals surface area contributed by atoms with Crippen LogP contribution in [0.1, 0.15) is 33.2 Å². The van der Waals surface area contributed by atoms with Crippen LogP contribution in [0, 0.1) is 0 Å². The molecule has 0 aromatic heterocycles. The zero-order chi connectivity index (χ0) is 15.6. The molecule has 1 N–H and O–H groups in total. The largest absolute Gasteiger partial charge is 0.295 e. The molecule has 0 aliphatic rings. The summed E-state index contributed by atoms with van der Waals surface area (Å²) in [6, 6.07) is 11.2. The Morgan fingerprint density at radius 3 is 1.57 bits per heavy atom. The molecule has 0 saturated heterocycles. The highest BCUT2D eigenvalue weighted by Crippen LogP contribution is 2.15. The van der Waals surface area contributed by atoms with Gasteiger partial charge in [-0.2, -0.15) is 8.42 Å². The third-order valence-corrected chi connectivity index (χ3v) is 3.84. The van der Waals surface area contributed by atoms with E-state index in [2.05, 4.69) is 0 Å². The maximum atomic E-state index is 12.2. The van der Waals surface area contributed by atoms with Gasteiger partial charge in [0.05, 0.1) is 4.90 Å². The Hall–Kier alpha value is -2.31. The van der Waals surface area contributed by atoms with Crippen molar-refractivity contribution in [2.24, 2.45) is 0 Å². The van der Waals surface area contributed by atoms with E-state index in [-0.39, 0.29) is 22.0 Å². The lowest BCUT2D eigenvalue weighted by molar-refractivity contribution is 0.101. The lowest BCUT2D eigenvalue weighted by Crippen LogP contribution is -2.04. The van der Waals surface area contributed by atoms with E-state index in [0.717, 1.165) is 12.1 Å². The van der Waals surface area contributed by atoms with E-state index in [1.54, 1.807) is 12.1 Å². The van der Waals surface area contributed by atoms with Crippen molar-refractivity contribution in [2.45, 2.75) is 11.8 Å². The molecule has 0 aliphatic heterocycles. The van der Waals surface area contributed by atoms with Crippen molar-refractivity contribution >= 4 is 21.7 Å². The number of carbonyl (C=O) groups is 2. The second-order valence-corrected chi connectivity index (χ2v) is 5.88. The van der Waals surface area contributed by atoms with E-state index >= 15 is 0 Å². The van der Waals surface area contributed by atoms with Crippen molar-refractivity contribution < 1.29 is 22.6 Å². The summed E-state index contributed by atoms with van der Waals surface area (Å²) in [5.41, 5.74) is 1.19. The maximum Gasteiger partial charge on any atom is 0.294 e. The first-order valence-electron chi connectivity index (χ1n) is 6.02. The second-order valence-electron chi connectivity index (χ2n) is 4.46. The number of carbonyl (C=O) groups excluding carboxylic acids is 2. The minimum absolute atomic E-state index is 0.0912. The molecule has 0 unspecified atom stereocenters. The molecule has 0 bridgehead atoms. The van der Waals surface area contributed by atoms with Gasteiger partial charge in [-0.25, -0.2) is 0 Å². The quantitative estimate of drug-likeness (QED) is 0.692. The molecule has 5 nitrogen and oxygen atoms in total. The Balaban J connectivity index is 2.29. The fraction of sp³-hybridized carbons (Fsp3) is 0.0667. The summed E-state index contributed by atoms with van der Waals surface area (Å²) in [4.78, 5) is 23.1.